The van der Waals surface area contributed by atoms with Gasteiger partial charge in [-0.1, -0.05) is 12.5 Å². The van der Waals surface area contributed by atoms with E-state index in [-0.39, 0.29) is 10.5 Å². The van der Waals surface area contributed by atoms with Crippen molar-refractivity contribution in [2.24, 2.45) is 0 Å². The molecule has 1 aliphatic rings. The van der Waals surface area contributed by atoms with Crippen molar-refractivity contribution in [2.45, 2.75) is 29.6 Å². The number of aliphatic carboxylic acids is 1. The Bertz CT molecular complexity index is 470. The summed E-state index contributed by atoms with van der Waals surface area (Å²) in [6.07, 6.45) is 3.16. The van der Waals surface area contributed by atoms with Crippen LogP contribution >= 0.6 is 11.8 Å². The highest BCUT2D eigenvalue weighted by atomic mass is 32.2. The van der Waals surface area contributed by atoms with E-state index in [1.165, 1.54) is 6.07 Å². The molecular weight excluding hydrogens is 246 g/mol. The Morgan fingerprint density at radius 2 is 2.06 bits per heavy atom. The second kappa shape index (κ2) is 4.29. The van der Waals surface area contributed by atoms with Gasteiger partial charge in [-0.3, -0.25) is 4.79 Å². The summed E-state index contributed by atoms with van der Waals surface area (Å²) in [5.41, 5.74) is -1.04. The highest BCUT2D eigenvalue weighted by molar-refractivity contribution is 7.98. The summed E-state index contributed by atoms with van der Waals surface area (Å²) in [5, 5.41) is 9.23. The fourth-order valence-corrected chi connectivity index (χ4v) is 2.77. The van der Waals surface area contributed by atoms with E-state index < -0.39 is 23.0 Å². The van der Waals surface area contributed by atoms with Crippen LogP contribution in [0.4, 0.5) is 8.78 Å². The van der Waals surface area contributed by atoms with Gasteiger partial charge in [0.25, 0.3) is 0 Å². The van der Waals surface area contributed by atoms with Gasteiger partial charge >= 0.3 is 5.97 Å². The molecule has 5 heteroatoms. The molecule has 1 saturated carbocycles. The zero-order valence-electron chi connectivity index (χ0n) is 9.30. The molecule has 0 saturated heterocycles. The van der Waals surface area contributed by atoms with E-state index in [0.29, 0.717) is 12.8 Å². The van der Waals surface area contributed by atoms with Crippen LogP contribution in [0.25, 0.3) is 0 Å². The molecule has 0 bridgehead atoms. The van der Waals surface area contributed by atoms with E-state index in [4.69, 9.17) is 0 Å². The van der Waals surface area contributed by atoms with Crippen molar-refractivity contribution in [1.82, 2.24) is 0 Å². The topological polar surface area (TPSA) is 37.3 Å². The van der Waals surface area contributed by atoms with Gasteiger partial charge in [-0.15, -0.1) is 11.8 Å². The first kappa shape index (κ1) is 12.4. The third-order valence-electron chi connectivity index (χ3n) is 3.39. The van der Waals surface area contributed by atoms with Crippen LogP contribution in [0, 0.1) is 11.6 Å². The molecule has 1 fully saturated rings. The van der Waals surface area contributed by atoms with Crippen molar-refractivity contribution < 1.29 is 18.7 Å². The van der Waals surface area contributed by atoms with Crippen LogP contribution in [0.1, 0.15) is 24.8 Å². The molecule has 0 atom stereocenters. The zero-order valence-corrected chi connectivity index (χ0v) is 10.1. The number of carboxylic acid groups (broad SMARTS) is 1. The van der Waals surface area contributed by atoms with Crippen LogP contribution in [0.3, 0.4) is 0 Å². The first-order chi connectivity index (χ1) is 8.03. The fraction of sp³-hybridized carbons (Fsp3) is 0.417. The Labute approximate surface area is 102 Å². The molecule has 0 unspecified atom stereocenters. The largest absolute Gasteiger partial charge is 0.481 e. The van der Waals surface area contributed by atoms with E-state index in [9.17, 15) is 18.7 Å². The lowest BCUT2D eigenvalue weighted by atomic mass is 9.64. The molecule has 1 aliphatic carbocycles. The minimum absolute atomic E-state index is 0.102. The lowest BCUT2D eigenvalue weighted by Crippen LogP contribution is -2.43. The number of thioether (sulfide) groups is 1. The number of rotatable bonds is 3. The van der Waals surface area contributed by atoms with E-state index in [1.54, 1.807) is 6.26 Å². The maximum Gasteiger partial charge on any atom is 0.314 e. The first-order valence-electron chi connectivity index (χ1n) is 5.29. The van der Waals surface area contributed by atoms with Crippen LogP contribution in [-0.2, 0) is 10.2 Å². The van der Waals surface area contributed by atoms with Crippen LogP contribution in [0.5, 0.6) is 0 Å². The van der Waals surface area contributed by atoms with Gasteiger partial charge < -0.3 is 5.11 Å². The smallest absolute Gasteiger partial charge is 0.314 e. The Morgan fingerprint density at radius 3 is 2.47 bits per heavy atom. The monoisotopic (exact) mass is 258 g/mol. The third kappa shape index (κ3) is 1.73. The molecule has 1 aromatic carbocycles. The van der Waals surface area contributed by atoms with Gasteiger partial charge in [-0.25, -0.2) is 8.78 Å². The molecule has 92 valence electrons. The molecule has 0 spiro atoms. The normalized spacial score (nSPS) is 17.6. The molecule has 17 heavy (non-hydrogen) atoms. The van der Waals surface area contributed by atoms with Crippen molar-refractivity contribution in [3.05, 3.63) is 29.3 Å². The van der Waals surface area contributed by atoms with Crippen LogP contribution in [-0.4, -0.2) is 17.3 Å². The molecular formula is C12H12F2O2S. The van der Waals surface area contributed by atoms with Crippen LogP contribution in [0.2, 0.25) is 0 Å². The number of hydrogen-bond donors (Lipinski definition) is 1. The minimum Gasteiger partial charge on any atom is -0.481 e. The van der Waals surface area contributed by atoms with Gasteiger partial charge in [0.15, 0.2) is 0 Å². The predicted molar refractivity (Wildman–Crippen MR) is 61.3 cm³/mol. The van der Waals surface area contributed by atoms with E-state index in [0.717, 1.165) is 24.2 Å². The predicted octanol–water partition coefficient (Wildman–Crippen LogP) is 3.19. The van der Waals surface area contributed by atoms with Gasteiger partial charge in [0.2, 0.25) is 0 Å². The molecule has 0 aliphatic heterocycles. The fourth-order valence-electron chi connectivity index (χ4n) is 2.22. The number of halogens is 2. The van der Waals surface area contributed by atoms with E-state index >= 15 is 0 Å². The van der Waals surface area contributed by atoms with Crippen molar-refractivity contribution in [3.63, 3.8) is 0 Å². The van der Waals surface area contributed by atoms with Gasteiger partial charge in [-0.2, -0.15) is 0 Å². The van der Waals surface area contributed by atoms with Crippen molar-refractivity contribution in [2.75, 3.05) is 6.26 Å². The summed E-state index contributed by atoms with van der Waals surface area (Å²) in [5.74, 6) is -2.39. The van der Waals surface area contributed by atoms with Gasteiger partial charge in [0, 0.05) is 5.56 Å². The molecule has 0 amide bonds. The second-order valence-corrected chi connectivity index (χ2v) is 5.00. The number of benzene rings is 1. The SMILES string of the molecule is CSc1c(F)ccc(C2(C(=O)O)CCC2)c1F. The van der Waals surface area contributed by atoms with E-state index in [2.05, 4.69) is 0 Å². The number of hydrogen-bond acceptors (Lipinski definition) is 2. The van der Waals surface area contributed by atoms with Crippen molar-refractivity contribution in [3.8, 4) is 0 Å². The van der Waals surface area contributed by atoms with Gasteiger partial charge in [0.1, 0.15) is 11.6 Å². The summed E-state index contributed by atoms with van der Waals surface area (Å²) in [6, 6.07) is 2.41. The Kier molecular flexibility index (Phi) is 3.12. The van der Waals surface area contributed by atoms with Gasteiger partial charge in [-0.05, 0) is 25.2 Å². The minimum atomic E-state index is -1.15. The molecule has 2 nitrogen and oxygen atoms in total. The maximum absolute atomic E-state index is 14.1. The summed E-state index contributed by atoms with van der Waals surface area (Å²) >= 11 is 0.956. The molecule has 0 aromatic heterocycles. The van der Waals surface area contributed by atoms with Crippen LogP contribution < -0.4 is 0 Å². The Hall–Kier alpha value is -1.10. The third-order valence-corrected chi connectivity index (χ3v) is 4.17. The summed E-state index contributed by atoms with van der Waals surface area (Å²) < 4.78 is 27.4. The lowest BCUT2D eigenvalue weighted by molar-refractivity contribution is -0.147. The summed E-state index contributed by atoms with van der Waals surface area (Å²) in [7, 11) is 0. The second-order valence-electron chi connectivity index (χ2n) is 4.18. The zero-order chi connectivity index (χ0) is 12.6. The highest BCUT2D eigenvalue weighted by Gasteiger charge is 2.48. The number of carboxylic acids is 1. The van der Waals surface area contributed by atoms with Gasteiger partial charge in [0.05, 0.1) is 10.3 Å². The number of carbonyl (C=O) groups is 1. The quantitative estimate of drug-likeness (QED) is 0.846. The molecule has 0 radical (unpaired) electrons. The summed E-state index contributed by atoms with van der Waals surface area (Å²) in [6.45, 7) is 0. The molecule has 0 heterocycles. The molecule has 2 rings (SSSR count). The van der Waals surface area contributed by atoms with Crippen molar-refractivity contribution in [1.29, 1.82) is 0 Å². The average molecular weight is 258 g/mol. The van der Waals surface area contributed by atoms with Crippen LogP contribution in [0.15, 0.2) is 17.0 Å². The van der Waals surface area contributed by atoms with Crippen molar-refractivity contribution >= 4 is 17.7 Å². The van der Waals surface area contributed by atoms with E-state index in [1.807, 2.05) is 0 Å². The summed E-state index contributed by atoms with van der Waals surface area (Å²) in [4.78, 5) is 11.2. The maximum atomic E-state index is 14.1. The molecule has 1 N–H and O–H groups in total. The molecule has 1 aromatic rings. The first-order valence-corrected chi connectivity index (χ1v) is 6.51. The highest BCUT2D eigenvalue weighted by Crippen LogP contribution is 2.46. The average Bonchev–Trinajstić information content (AvgIpc) is 2.20. The standard InChI is InChI=1S/C12H12F2O2S/c1-17-10-8(13)4-3-7(9(10)14)12(11(15)16)5-2-6-12/h3-4H,2,5-6H2,1H3,(H,15,16). The Morgan fingerprint density at radius 1 is 1.41 bits per heavy atom. The lowest BCUT2D eigenvalue weighted by Gasteiger charge is -2.38. The Balaban J connectivity index is 2.56.